The highest BCUT2D eigenvalue weighted by Gasteiger charge is 2.21. The fourth-order valence-electron chi connectivity index (χ4n) is 2.84. The third-order valence-electron chi connectivity index (χ3n) is 4.04. The summed E-state index contributed by atoms with van der Waals surface area (Å²) in [5, 5.41) is 31.0. The highest BCUT2D eigenvalue weighted by atomic mass is 16.6. The molecule has 2 aliphatic rings. The monoisotopic (exact) mass is 362 g/mol. The molecule has 0 bridgehead atoms. The van der Waals surface area contributed by atoms with Gasteiger partial charge in [0, 0.05) is 29.4 Å². The number of pyridine rings is 2. The van der Waals surface area contributed by atoms with Gasteiger partial charge < -0.3 is 4.98 Å². The largest absolute Gasteiger partial charge is 0.359 e. The number of nitrogens with zero attached hydrogens (tertiary/aromatic N) is 5. The fourth-order valence-corrected chi connectivity index (χ4v) is 2.84. The van der Waals surface area contributed by atoms with E-state index in [0.29, 0.717) is 11.2 Å². The molecule has 0 fully saturated rings. The van der Waals surface area contributed by atoms with Crippen LogP contribution in [-0.2, 0) is 0 Å². The Kier molecular flexibility index (Phi) is 3.77. The number of nitro benzene ring substituents is 2. The van der Waals surface area contributed by atoms with E-state index < -0.39 is 15.5 Å². The number of aromatic amines is 1. The van der Waals surface area contributed by atoms with Crippen molar-refractivity contribution < 1.29 is 9.85 Å². The summed E-state index contributed by atoms with van der Waals surface area (Å²) >= 11 is 0. The molecule has 4 rings (SSSR count). The van der Waals surface area contributed by atoms with E-state index >= 15 is 0 Å². The van der Waals surface area contributed by atoms with Gasteiger partial charge in [0.1, 0.15) is 5.69 Å². The summed E-state index contributed by atoms with van der Waals surface area (Å²) < 4.78 is 0. The number of rotatable bonds is 4. The van der Waals surface area contributed by atoms with E-state index in [9.17, 15) is 20.2 Å². The number of aromatic nitrogens is 2. The number of nitro groups is 2. The van der Waals surface area contributed by atoms with Gasteiger partial charge in [0.05, 0.1) is 27.1 Å². The molecule has 0 radical (unpaired) electrons. The van der Waals surface area contributed by atoms with Crippen molar-refractivity contribution in [2.45, 2.75) is 0 Å². The molecule has 2 aromatic rings. The second-order valence-electron chi connectivity index (χ2n) is 5.59. The first-order chi connectivity index (χ1) is 13.1. The molecule has 1 aromatic heterocycles. The maximum Gasteiger partial charge on any atom is 0.303 e. The van der Waals surface area contributed by atoms with E-state index in [-0.39, 0.29) is 11.4 Å². The molecule has 0 saturated heterocycles. The van der Waals surface area contributed by atoms with Crippen molar-refractivity contribution in [3.05, 3.63) is 75.1 Å². The van der Waals surface area contributed by atoms with Crippen LogP contribution in [0.1, 0.15) is 0 Å². The van der Waals surface area contributed by atoms with Crippen LogP contribution in [0.2, 0.25) is 0 Å². The standard InChI is InChI=1S/C17H10N6O4/c24-22(25)10-5-6-13(14(9-10)23(26)27)20-21-15-11-3-1-7-18-16(11)17-12(15)4-2-8-19-17/h1-9,18H. The van der Waals surface area contributed by atoms with Crippen molar-refractivity contribution in [2.75, 3.05) is 0 Å². The highest BCUT2D eigenvalue weighted by Crippen LogP contribution is 2.43. The van der Waals surface area contributed by atoms with Gasteiger partial charge in [-0.05, 0) is 30.3 Å². The molecule has 0 spiro atoms. The van der Waals surface area contributed by atoms with Crippen LogP contribution in [0, 0.1) is 20.2 Å². The molecule has 1 aromatic carbocycles. The summed E-state index contributed by atoms with van der Waals surface area (Å²) in [6.45, 7) is 0. The van der Waals surface area contributed by atoms with E-state index in [0.717, 1.165) is 28.8 Å². The van der Waals surface area contributed by atoms with Crippen LogP contribution < -0.4 is 0 Å². The molecule has 10 nitrogen and oxygen atoms in total. The minimum Gasteiger partial charge on any atom is -0.359 e. The zero-order valence-corrected chi connectivity index (χ0v) is 13.6. The Bertz CT molecular complexity index is 1200. The molecule has 0 atom stereocenters. The van der Waals surface area contributed by atoms with Crippen LogP contribution in [-0.4, -0.2) is 19.8 Å². The zero-order chi connectivity index (χ0) is 19.0. The SMILES string of the molecule is O=[N+]([O-])c1ccc(N=Nc2c3ccc[nH]c-3c3ncccc23)c([N+](=O)[O-])c1. The van der Waals surface area contributed by atoms with E-state index in [1.165, 1.54) is 6.07 Å². The average molecular weight is 362 g/mol. The number of fused-ring (bicyclic) bond motifs is 3. The molecular weight excluding hydrogens is 352 g/mol. The van der Waals surface area contributed by atoms with Crippen LogP contribution >= 0.6 is 0 Å². The van der Waals surface area contributed by atoms with Crippen molar-refractivity contribution in [3.63, 3.8) is 0 Å². The Morgan fingerprint density at radius 3 is 2.63 bits per heavy atom. The minimum atomic E-state index is -0.724. The molecule has 1 aliphatic carbocycles. The Balaban J connectivity index is 1.86. The molecule has 10 heteroatoms. The number of nitrogens with one attached hydrogen (secondary N) is 1. The quantitative estimate of drug-likeness (QED) is 0.312. The molecule has 0 unspecified atom stereocenters. The first kappa shape index (κ1) is 16.3. The van der Waals surface area contributed by atoms with Gasteiger partial charge in [-0.25, -0.2) is 0 Å². The summed E-state index contributed by atoms with van der Waals surface area (Å²) in [6, 6.07) is 10.4. The lowest BCUT2D eigenvalue weighted by Gasteiger charge is -1.99. The lowest BCUT2D eigenvalue weighted by atomic mass is 10.2. The molecule has 132 valence electrons. The van der Waals surface area contributed by atoms with Crippen LogP contribution in [0.5, 0.6) is 0 Å². The van der Waals surface area contributed by atoms with Gasteiger partial charge in [-0.1, -0.05) is 0 Å². The van der Waals surface area contributed by atoms with Gasteiger partial charge in [-0.15, -0.1) is 10.2 Å². The van der Waals surface area contributed by atoms with Gasteiger partial charge in [0.2, 0.25) is 0 Å². The lowest BCUT2D eigenvalue weighted by molar-refractivity contribution is -0.393. The predicted molar refractivity (Wildman–Crippen MR) is 96.6 cm³/mol. The first-order valence-electron chi connectivity index (χ1n) is 7.74. The summed E-state index contributed by atoms with van der Waals surface area (Å²) in [4.78, 5) is 28.1. The normalized spacial score (nSPS) is 11.4. The van der Waals surface area contributed by atoms with E-state index in [1.807, 2.05) is 12.1 Å². The molecule has 0 saturated carbocycles. The van der Waals surface area contributed by atoms with Gasteiger partial charge in [0.15, 0.2) is 5.69 Å². The number of hydrogen-bond acceptors (Lipinski definition) is 7. The zero-order valence-electron chi connectivity index (χ0n) is 13.6. The third-order valence-corrected chi connectivity index (χ3v) is 4.04. The van der Waals surface area contributed by atoms with Gasteiger partial charge in [0.25, 0.3) is 5.69 Å². The molecule has 27 heavy (non-hydrogen) atoms. The average Bonchev–Trinajstić information content (AvgIpc) is 3.00. The number of hydrogen-bond donors (Lipinski definition) is 1. The number of azo groups is 1. The maximum atomic E-state index is 11.2. The van der Waals surface area contributed by atoms with Crippen LogP contribution in [0.3, 0.4) is 0 Å². The molecule has 1 N–H and O–H groups in total. The predicted octanol–water partition coefficient (Wildman–Crippen LogP) is 4.90. The maximum absolute atomic E-state index is 11.2. The summed E-state index contributed by atoms with van der Waals surface area (Å²) in [7, 11) is 0. The smallest absolute Gasteiger partial charge is 0.303 e. The Morgan fingerprint density at radius 1 is 1.00 bits per heavy atom. The van der Waals surface area contributed by atoms with Gasteiger partial charge in [-0.3, -0.25) is 25.2 Å². The number of benzene rings is 1. The van der Waals surface area contributed by atoms with Gasteiger partial charge >= 0.3 is 5.69 Å². The van der Waals surface area contributed by atoms with Gasteiger partial charge in [-0.2, -0.15) is 0 Å². The molecular formula is C17H10N6O4. The summed E-state index contributed by atoms with van der Waals surface area (Å²) in [6.07, 6.45) is 3.42. The summed E-state index contributed by atoms with van der Waals surface area (Å²) in [5.41, 5.74) is 1.82. The van der Waals surface area contributed by atoms with Crippen molar-refractivity contribution in [2.24, 2.45) is 10.2 Å². The van der Waals surface area contributed by atoms with Crippen LogP contribution in [0.4, 0.5) is 22.7 Å². The first-order valence-corrected chi connectivity index (χ1v) is 7.74. The minimum absolute atomic E-state index is 0.0723. The van der Waals surface area contributed by atoms with E-state index in [1.54, 1.807) is 24.5 Å². The Morgan fingerprint density at radius 2 is 1.85 bits per heavy atom. The van der Waals surface area contributed by atoms with E-state index in [2.05, 4.69) is 20.2 Å². The highest BCUT2D eigenvalue weighted by molar-refractivity contribution is 6.08. The topological polar surface area (TPSA) is 140 Å². The lowest BCUT2D eigenvalue weighted by Crippen LogP contribution is -1.92. The molecule has 1 aliphatic heterocycles. The van der Waals surface area contributed by atoms with E-state index in [4.69, 9.17) is 0 Å². The van der Waals surface area contributed by atoms with Crippen molar-refractivity contribution in [1.29, 1.82) is 0 Å². The number of non-ortho nitro benzene ring substituents is 1. The Hall–Kier alpha value is -4.21. The van der Waals surface area contributed by atoms with Crippen LogP contribution in [0.15, 0.2) is 65.1 Å². The number of H-pyrrole nitrogens is 1. The fraction of sp³-hybridized carbons (Fsp3) is 0. The summed E-state index contributed by atoms with van der Waals surface area (Å²) in [5.74, 6) is 0. The van der Waals surface area contributed by atoms with Crippen molar-refractivity contribution in [3.8, 4) is 11.3 Å². The Labute approximate surface area is 150 Å². The molecule has 0 amide bonds. The second kappa shape index (κ2) is 6.26. The van der Waals surface area contributed by atoms with Crippen molar-refractivity contribution >= 4 is 33.7 Å². The molecule has 2 heterocycles. The van der Waals surface area contributed by atoms with Crippen molar-refractivity contribution in [1.82, 2.24) is 9.97 Å². The second-order valence-corrected chi connectivity index (χ2v) is 5.59. The third kappa shape index (κ3) is 2.74. The van der Waals surface area contributed by atoms with Crippen LogP contribution in [0.25, 0.3) is 22.2 Å².